The van der Waals surface area contributed by atoms with Gasteiger partial charge in [0.2, 0.25) is 10.0 Å². The number of sulfonamides is 1. The Balaban J connectivity index is 2.13. The Morgan fingerprint density at radius 1 is 1.35 bits per heavy atom. The molecule has 7 heteroatoms. The average Bonchev–Trinajstić information content (AvgIpc) is 2.95. The van der Waals surface area contributed by atoms with Gasteiger partial charge in [-0.2, -0.15) is 0 Å². The zero-order valence-corrected chi connectivity index (χ0v) is 12.5. The zero-order chi connectivity index (χ0) is 14.6. The number of hydrogen-bond acceptors (Lipinski definition) is 5. The molecule has 108 valence electrons. The van der Waals surface area contributed by atoms with Crippen LogP contribution in [0.2, 0.25) is 0 Å². The topological polar surface area (TPSA) is 75.6 Å². The second-order valence-electron chi connectivity index (χ2n) is 4.04. The highest BCUT2D eigenvalue weighted by Gasteiger charge is 2.18. The molecular formula is C13H15NO4S2. The number of hydrogen-bond donors (Lipinski definition) is 2. The normalized spacial score (nSPS) is 11.5. The van der Waals surface area contributed by atoms with Crippen molar-refractivity contribution in [2.24, 2.45) is 0 Å². The van der Waals surface area contributed by atoms with E-state index in [1.54, 1.807) is 30.7 Å². The van der Waals surface area contributed by atoms with Crippen LogP contribution in [0.4, 0.5) is 0 Å². The van der Waals surface area contributed by atoms with Gasteiger partial charge in [-0.1, -0.05) is 12.1 Å². The van der Waals surface area contributed by atoms with Crippen molar-refractivity contribution in [3.05, 3.63) is 46.2 Å². The Labute approximate surface area is 121 Å². The van der Waals surface area contributed by atoms with Crippen LogP contribution in [0.3, 0.4) is 0 Å². The number of thiophene rings is 1. The van der Waals surface area contributed by atoms with Crippen molar-refractivity contribution < 1.29 is 18.3 Å². The summed E-state index contributed by atoms with van der Waals surface area (Å²) in [4.78, 5) is 0.566. The number of nitrogens with one attached hydrogen (secondary N) is 1. The maximum absolute atomic E-state index is 12.2. The van der Waals surface area contributed by atoms with E-state index >= 15 is 0 Å². The van der Waals surface area contributed by atoms with Gasteiger partial charge in [-0.3, -0.25) is 0 Å². The quantitative estimate of drug-likeness (QED) is 0.851. The maximum atomic E-state index is 12.2. The molecule has 0 bridgehead atoms. The minimum atomic E-state index is -3.62. The number of ether oxygens (including phenoxy) is 1. The van der Waals surface area contributed by atoms with Crippen molar-refractivity contribution in [1.82, 2.24) is 4.72 Å². The fourth-order valence-electron chi connectivity index (χ4n) is 1.72. The molecule has 0 aliphatic rings. The molecule has 0 saturated heterocycles. The standard InChI is InChI=1S/C13H15NO4S2/c1-18-11-4-2-3-10(7-11)8-14-20(16,17)13-5-6-19-12(13)9-15/h2-7,14-15H,8-9H2,1H3. The lowest BCUT2D eigenvalue weighted by molar-refractivity contribution is 0.282. The Kier molecular flexibility index (Phi) is 4.77. The SMILES string of the molecule is COc1cccc(CNS(=O)(=O)c2ccsc2CO)c1. The molecule has 0 radical (unpaired) electrons. The highest BCUT2D eigenvalue weighted by molar-refractivity contribution is 7.89. The van der Waals surface area contributed by atoms with Crippen molar-refractivity contribution in [2.75, 3.05) is 7.11 Å². The summed E-state index contributed by atoms with van der Waals surface area (Å²) >= 11 is 1.21. The lowest BCUT2D eigenvalue weighted by atomic mass is 10.2. The van der Waals surface area contributed by atoms with Crippen LogP contribution in [-0.2, 0) is 23.2 Å². The van der Waals surface area contributed by atoms with Crippen LogP contribution in [-0.4, -0.2) is 20.6 Å². The van der Waals surface area contributed by atoms with E-state index in [9.17, 15) is 8.42 Å². The van der Waals surface area contributed by atoms with Crippen LogP contribution >= 0.6 is 11.3 Å². The Bertz CT molecular complexity index is 679. The molecule has 0 amide bonds. The van der Waals surface area contributed by atoms with Gasteiger partial charge in [0.15, 0.2) is 0 Å². The van der Waals surface area contributed by atoms with E-state index in [0.29, 0.717) is 10.6 Å². The number of rotatable bonds is 6. The fraction of sp³-hybridized carbons (Fsp3) is 0.231. The monoisotopic (exact) mass is 313 g/mol. The van der Waals surface area contributed by atoms with E-state index in [0.717, 1.165) is 5.56 Å². The Morgan fingerprint density at radius 2 is 2.15 bits per heavy atom. The number of aliphatic hydroxyl groups is 1. The van der Waals surface area contributed by atoms with Crippen molar-refractivity contribution in [3.8, 4) is 5.75 Å². The summed E-state index contributed by atoms with van der Waals surface area (Å²) in [5, 5.41) is 10.8. The Morgan fingerprint density at radius 3 is 2.85 bits per heavy atom. The molecule has 1 aromatic heterocycles. The van der Waals surface area contributed by atoms with Crippen LogP contribution in [0, 0.1) is 0 Å². The number of methoxy groups -OCH3 is 1. The molecule has 0 atom stereocenters. The zero-order valence-electron chi connectivity index (χ0n) is 10.9. The second kappa shape index (κ2) is 6.36. The first-order valence-corrected chi connectivity index (χ1v) is 8.23. The van der Waals surface area contributed by atoms with E-state index in [1.165, 1.54) is 17.4 Å². The summed E-state index contributed by atoms with van der Waals surface area (Å²) in [6.45, 7) is -0.118. The molecular weight excluding hydrogens is 298 g/mol. The first-order chi connectivity index (χ1) is 9.56. The van der Waals surface area contributed by atoms with E-state index in [4.69, 9.17) is 9.84 Å². The lowest BCUT2D eigenvalue weighted by Gasteiger charge is -2.08. The molecule has 20 heavy (non-hydrogen) atoms. The summed E-state index contributed by atoms with van der Waals surface area (Å²) < 4.78 is 31.9. The van der Waals surface area contributed by atoms with Crippen LogP contribution in [0.15, 0.2) is 40.6 Å². The van der Waals surface area contributed by atoms with Crippen LogP contribution in [0.5, 0.6) is 5.75 Å². The van der Waals surface area contributed by atoms with Crippen molar-refractivity contribution in [1.29, 1.82) is 0 Å². The number of benzene rings is 1. The summed E-state index contributed by atoms with van der Waals surface area (Å²) in [5.74, 6) is 0.674. The van der Waals surface area contributed by atoms with E-state index in [1.807, 2.05) is 6.07 Å². The van der Waals surface area contributed by atoms with Crippen molar-refractivity contribution in [3.63, 3.8) is 0 Å². The molecule has 0 aliphatic heterocycles. The molecule has 0 unspecified atom stereocenters. The molecule has 2 aromatic rings. The van der Waals surface area contributed by atoms with Crippen LogP contribution in [0.25, 0.3) is 0 Å². The largest absolute Gasteiger partial charge is 0.497 e. The maximum Gasteiger partial charge on any atom is 0.242 e. The van der Waals surface area contributed by atoms with Crippen LogP contribution in [0.1, 0.15) is 10.4 Å². The summed E-state index contributed by atoms with van der Waals surface area (Å²) in [6, 6.07) is 8.66. The van der Waals surface area contributed by atoms with Gasteiger partial charge >= 0.3 is 0 Å². The van der Waals surface area contributed by atoms with E-state index in [-0.39, 0.29) is 18.0 Å². The van der Waals surface area contributed by atoms with Crippen molar-refractivity contribution >= 4 is 21.4 Å². The molecule has 0 saturated carbocycles. The second-order valence-corrected chi connectivity index (χ2v) is 6.78. The predicted octanol–water partition coefficient (Wildman–Crippen LogP) is 1.73. The summed E-state index contributed by atoms with van der Waals surface area (Å²) in [5.41, 5.74) is 0.800. The van der Waals surface area contributed by atoms with Crippen LogP contribution < -0.4 is 9.46 Å². The third kappa shape index (κ3) is 3.37. The summed E-state index contributed by atoms with van der Waals surface area (Å²) in [7, 11) is -2.06. The molecule has 1 heterocycles. The average molecular weight is 313 g/mol. The molecule has 2 rings (SSSR count). The summed E-state index contributed by atoms with van der Waals surface area (Å²) in [6.07, 6.45) is 0. The third-order valence-corrected chi connectivity index (χ3v) is 5.26. The van der Waals surface area contributed by atoms with Gasteiger partial charge in [0, 0.05) is 11.4 Å². The number of aliphatic hydroxyl groups excluding tert-OH is 1. The minimum Gasteiger partial charge on any atom is -0.497 e. The molecule has 5 nitrogen and oxygen atoms in total. The highest BCUT2D eigenvalue weighted by atomic mass is 32.2. The van der Waals surface area contributed by atoms with Gasteiger partial charge in [0.25, 0.3) is 0 Å². The van der Waals surface area contributed by atoms with Gasteiger partial charge in [-0.25, -0.2) is 13.1 Å². The van der Waals surface area contributed by atoms with E-state index in [2.05, 4.69) is 4.72 Å². The first kappa shape index (κ1) is 15.0. The molecule has 0 aliphatic carbocycles. The Hall–Kier alpha value is -1.41. The smallest absolute Gasteiger partial charge is 0.242 e. The van der Waals surface area contributed by atoms with E-state index < -0.39 is 10.0 Å². The van der Waals surface area contributed by atoms with Gasteiger partial charge in [0.1, 0.15) is 5.75 Å². The molecule has 0 spiro atoms. The third-order valence-electron chi connectivity index (χ3n) is 2.74. The molecule has 2 N–H and O–H groups in total. The predicted molar refractivity (Wildman–Crippen MR) is 77.3 cm³/mol. The molecule has 1 aromatic carbocycles. The minimum absolute atomic E-state index is 0.132. The van der Waals surface area contributed by atoms with Gasteiger partial charge in [0.05, 0.1) is 18.6 Å². The van der Waals surface area contributed by atoms with Gasteiger partial charge in [-0.05, 0) is 29.1 Å². The fourth-order valence-corrected chi connectivity index (χ4v) is 4.03. The lowest BCUT2D eigenvalue weighted by Crippen LogP contribution is -2.23. The van der Waals surface area contributed by atoms with Crippen molar-refractivity contribution in [2.45, 2.75) is 18.0 Å². The van der Waals surface area contributed by atoms with Gasteiger partial charge < -0.3 is 9.84 Å². The first-order valence-electron chi connectivity index (χ1n) is 5.86. The van der Waals surface area contributed by atoms with Gasteiger partial charge in [-0.15, -0.1) is 11.3 Å². The molecule has 0 fully saturated rings. The highest BCUT2D eigenvalue weighted by Crippen LogP contribution is 2.22.